The lowest BCUT2D eigenvalue weighted by Crippen LogP contribution is -1.61. The summed E-state index contributed by atoms with van der Waals surface area (Å²) >= 11 is 0.0542. The van der Waals surface area contributed by atoms with E-state index in [1.165, 1.54) is 10.6 Å². The average molecular weight is 249 g/mol. The summed E-state index contributed by atoms with van der Waals surface area (Å²) in [4.78, 5) is 1.37. The van der Waals surface area contributed by atoms with E-state index in [1.807, 2.05) is 15.0 Å². The van der Waals surface area contributed by atoms with E-state index in [9.17, 15) is 0 Å². The van der Waals surface area contributed by atoms with E-state index in [-0.39, 0.29) is 19.6 Å². The fourth-order valence-electron chi connectivity index (χ4n) is 0.684. The molecule has 3 heteroatoms. The predicted octanol–water partition coefficient (Wildman–Crippen LogP) is 3.49. The van der Waals surface area contributed by atoms with Gasteiger partial charge in [0.15, 0.2) is 0 Å². The summed E-state index contributed by atoms with van der Waals surface area (Å²) in [7, 11) is 1.91. The van der Waals surface area contributed by atoms with Crippen molar-refractivity contribution >= 4 is 34.3 Å². The van der Waals surface area contributed by atoms with E-state index in [0.29, 0.717) is 0 Å². The molecule has 9 heavy (non-hydrogen) atoms. The van der Waals surface area contributed by atoms with Crippen LogP contribution in [0.25, 0.3) is 0 Å². The lowest BCUT2D eigenvalue weighted by atomic mass is 10.3. The summed E-state index contributed by atoms with van der Waals surface area (Å²) < 4.78 is 4.37. The van der Waals surface area contributed by atoms with Crippen molar-refractivity contribution in [2.75, 3.05) is 0 Å². The number of benzene rings is 1. The van der Waals surface area contributed by atoms with Crippen LogP contribution in [-0.4, -0.2) is 0 Å². The lowest BCUT2D eigenvalue weighted by Gasteiger charge is -1.89. The first-order valence-electron chi connectivity index (χ1n) is 2.58. The van der Waals surface area contributed by atoms with Gasteiger partial charge in [-0.1, -0.05) is 12.1 Å². The van der Waals surface area contributed by atoms with Crippen LogP contribution in [0.15, 0.2) is 32.3 Å². The normalized spacial score (nSPS) is 14.7. The van der Waals surface area contributed by atoms with Gasteiger partial charge in [-0.05, 0) is 21.1 Å². The monoisotopic (exact) mass is 249 g/mol. The molecular formula is C6H4INS. The van der Waals surface area contributed by atoms with Crippen LogP contribution in [0.3, 0.4) is 0 Å². The zero-order valence-electron chi connectivity index (χ0n) is 4.54. The van der Waals surface area contributed by atoms with E-state index in [2.05, 4.69) is 21.3 Å². The zero-order valence-corrected chi connectivity index (χ0v) is 7.52. The molecule has 0 unspecified atom stereocenters. The molecule has 0 amide bonds. The molecule has 1 aromatic carbocycles. The molecule has 1 nitrogen and oxygen atoms in total. The van der Waals surface area contributed by atoms with Crippen molar-refractivity contribution in [1.82, 2.24) is 0 Å². The Hall–Kier alpha value is 0.100. The van der Waals surface area contributed by atoms with Crippen LogP contribution in [0.4, 0.5) is 5.69 Å². The molecule has 0 N–H and O–H groups in total. The standard InChI is InChI=1S/C6H4INS/c1-2-4-6-5(3-1)8-7-9-6/h1-4H. The Bertz CT molecular complexity index is 259. The Morgan fingerprint density at radius 1 is 1.33 bits per heavy atom. The number of hydrogen-bond donors (Lipinski definition) is 0. The van der Waals surface area contributed by atoms with Crippen LogP contribution in [-0.2, 0) is 0 Å². The molecule has 2 rings (SSSR count). The summed E-state index contributed by atoms with van der Waals surface area (Å²) in [5.74, 6) is 0. The second kappa shape index (κ2) is 2.38. The van der Waals surface area contributed by atoms with Gasteiger partial charge in [0.25, 0.3) is 0 Å². The quantitative estimate of drug-likeness (QED) is 0.641. The maximum atomic E-state index is 4.37. The molecule has 0 fully saturated rings. The highest BCUT2D eigenvalue weighted by Gasteiger charge is 2.04. The van der Waals surface area contributed by atoms with Crippen LogP contribution in [0, 0.1) is 0 Å². The van der Waals surface area contributed by atoms with Gasteiger partial charge in [-0.25, -0.2) is 3.15 Å². The van der Waals surface area contributed by atoms with E-state index in [1.54, 1.807) is 0 Å². The van der Waals surface area contributed by atoms with E-state index in [0.717, 1.165) is 0 Å². The van der Waals surface area contributed by atoms with E-state index in [4.69, 9.17) is 0 Å². The van der Waals surface area contributed by atoms with Crippen molar-refractivity contribution in [1.29, 1.82) is 0 Å². The third-order valence-electron chi connectivity index (χ3n) is 1.11. The van der Waals surface area contributed by atoms with Crippen molar-refractivity contribution in [3.63, 3.8) is 0 Å². The topological polar surface area (TPSA) is 12.4 Å². The molecule has 1 aliphatic heterocycles. The minimum atomic E-state index is 0.0542. The minimum Gasteiger partial charge on any atom is -0.214 e. The third kappa shape index (κ3) is 1.03. The predicted molar refractivity (Wildman–Crippen MR) is 48.4 cm³/mol. The highest BCUT2D eigenvalue weighted by molar-refractivity contribution is 14.2. The molecule has 1 heterocycles. The van der Waals surface area contributed by atoms with Crippen molar-refractivity contribution in [2.24, 2.45) is 3.15 Å². The Morgan fingerprint density at radius 3 is 3.11 bits per heavy atom. The molecule has 1 aromatic rings. The highest BCUT2D eigenvalue weighted by atomic mass is 127. The number of hydrogen-bond acceptors (Lipinski definition) is 2. The summed E-state index contributed by atoms with van der Waals surface area (Å²) in [6.07, 6.45) is 0. The average Bonchev–Trinajstić information content (AvgIpc) is 2.33. The second-order valence-electron chi connectivity index (χ2n) is 1.70. The number of rotatable bonds is 0. The molecule has 0 saturated carbocycles. The van der Waals surface area contributed by atoms with Gasteiger partial charge < -0.3 is 0 Å². The molecule has 0 aliphatic carbocycles. The van der Waals surface area contributed by atoms with Crippen LogP contribution in [0.1, 0.15) is 0 Å². The van der Waals surface area contributed by atoms with Crippen LogP contribution in [0.5, 0.6) is 0 Å². The second-order valence-corrected chi connectivity index (χ2v) is 5.42. The van der Waals surface area contributed by atoms with Gasteiger partial charge in [0.05, 0.1) is 25.3 Å². The molecule has 0 aromatic heterocycles. The van der Waals surface area contributed by atoms with E-state index >= 15 is 0 Å². The van der Waals surface area contributed by atoms with E-state index < -0.39 is 0 Å². The maximum Gasteiger partial charge on any atom is 0.0841 e. The molecule has 0 radical (unpaired) electrons. The number of fused-ring (bicyclic) bond motifs is 1. The van der Waals surface area contributed by atoms with Gasteiger partial charge in [0, 0.05) is 4.90 Å². The SMILES string of the molecule is c1ccc2c(c1)N=IS2. The minimum absolute atomic E-state index is 0.0542. The highest BCUT2D eigenvalue weighted by Crippen LogP contribution is 2.46. The van der Waals surface area contributed by atoms with Gasteiger partial charge in [0.2, 0.25) is 0 Å². The summed E-state index contributed by atoms with van der Waals surface area (Å²) in [6, 6.07) is 8.32. The first-order valence-corrected chi connectivity index (χ1v) is 6.90. The fourth-order valence-corrected chi connectivity index (χ4v) is 4.46. The summed E-state index contributed by atoms with van der Waals surface area (Å²) in [6.45, 7) is 0. The largest absolute Gasteiger partial charge is 0.214 e. The van der Waals surface area contributed by atoms with Crippen LogP contribution < -0.4 is 0 Å². The molecule has 0 spiro atoms. The fraction of sp³-hybridized carbons (Fsp3) is 0. The van der Waals surface area contributed by atoms with Gasteiger partial charge in [-0.2, -0.15) is 0 Å². The maximum absolute atomic E-state index is 4.37. The molecule has 46 valence electrons. The first kappa shape index (κ1) is 5.85. The summed E-state index contributed by atoms with van der Waals surface area (Å²) in [5.41, 5.74) is 1.20. The molecule has 0 bridgehead atoms. The third-order valence-corrected chi connectivity index (χ3v) is 4.88. The first-order chi connectivity index (χ1) is 4.47. The smallest absolute Gasteiger partial charge is 0.0841 e. The van der Waals surface area contributed by atoms with Crippen molar-refractivity contribution < 1.29 is 0 Å². The molecular weight excluding hydrogens is 245 g/mol. The summed E-state index contributed by atoms with van der Waals surface area (Å²) in [5, 5.41) is 0. The van der Waals surface area contributed by atoms with Crippen LogP contribution >= 0.6 is 28.6 Å². The number of halogens is 1. The lowest BCUT2D eigenvalue weighted by molar-refractivity contribution is 1.42. The molecule has 0 saturated heterocycles. The van der Waals surface area contributed by atoms with Gasteiger partial charge in [-0.15, -0.1) is 0 Å². The molecule has 1 aliphatic rings. The van der Waals surface area contributed by atoms with Crippen molar-refractivity contribution in [3.05, 3.63) is 24.3 Å². The Morgan fingerprint density at radius 2 is 2.22 bits per heavy atom. The zero-order chi connectivity index (χ0) is 6.10. The number of nitrogens with zero attached hydrogens (tertiary/aromatic N) is 1. The van der Waals surface area contributed by atoms with Gasteiger partial charge in [0.1, 0.15) is 0 Å². The van der Waals surface area contributed by atoms with Crippen molar-refractivity contribution in [3.8, 4) is 0 Å². The Kier molecular flexibility index (Phi) is 1.55. The van der Waals surface area contributed by atoms with Gasteiger partial charge in [-0.3, -0.25) is 0 Å². The van der Waals surface area contributed by atoms with Gasteiger partial charge >= 0.3 is 0 Å². The Balaban J connectivity index is 2.63. The molecule has 0 atom stereocenters. The van der Waals surface area contributed by atoms with Crippen LogP contribution in [0.2, 0.25) is 0 Å². The van der Waals surface area contributed by atoms with Crippen molar-refractivity contribution in [2.45, 2.75) is 4.90 Å². The Labute approximate surface area is 66.5 Å².